The number of nitrogens with one attached hydrogen (secondary N) is 2. The predicted molar refractivity (Wildman–Crippen MR) is 156 cm³/mol. The van der Waals surface area contributed by atoms with Gasteiger partial charge >= 0.3 is 0 Å². The number of carbonyl (C=O) groups excluding carboxylic acids is 2. The smallest absolute Gasteiger partial charge is 0.255 e. The molecular formula is C31H31N5O2S. The number of amides is 1. The number of anilines is 2. The second-order valence-electron chi connectivity index (χ2n) is 9.95. The lowest BCUT2D eigenvalue weighted by molar-refractivity contribution is -0.113. The van der Waals surface area contributed by atoms with Crippen LogP contribution in [-0.2, 0) is 4.79 Å². The Kier molecular flexibility index (Phi) is 7.65. The van der Waals surface area contributed by atoms with Gasteiger partial charge in [0, 0.05) is 16.9 Å². The molecule has 1 aliphatic heterocycles. The van der Waals surface area contributed by atoms with E-state index in [-0.39, 0.29) is 17.4 Å². The highest BCUT2D eigenvalue weighted by atomic mass is 32.2. The van der Waals surface area contributed by atoms with Gasteiger partial charge in [-0.15, -0.1) is 5.10 Å². The lowest BCUT2D eigenvalue weighted by atomic mass is 9.93. The number of para-hydroxylation sites is 1. The van der Waals surface area contributed by atoms with Crippen LogP contribution in [0.1, 0.15) is 59.8 Å². The van der Waals surface area contributed by atoms with E-state index in [1.807, 2.05) is 80.6 Å². The van der Waals surface area contributed by atoms with Crippen LogP contribution in [0.4, 0.5) is 11.6 Å². The van der Waals surface area contributed by atoms with Gasteiger partial charge < -0.3 is 10.6 Å². The average Bonchev–Trinajstić information content (AvgIpc) is 3.34. The predicted octanol–water partition coefficient (Wildman–Crippen LogP) is 6.61. The molecule has 1 aliphatic rings. The third-order valence-corrected chi connectivity index (χ3v) is 7.57. The van der Waals surface area contributed by atoms with Crippen LogP contribution in [0.2, 0.25) is 0 Å². The number of carbonyl (C=O) groups is 2. The molecule has 2 heterocycles. The van der Waals surface area contributed by atoms with Crippen molar-refractivity contribution < 1.29 is 9.59 Å². The van der Waals surface area contributed by atoms with Crippen molar-refractivity contribution in [2.45, 2.75) is 44.8 Å². The van der Waals surface area contributed by atoms with Gasteiger partial charge in [0.25, 0.3) is 5.91 Å². The molecule has 5 rings (SSSR count). The molecule has 0 aliphatic carbocycles. The Morgan fingerprint density at radius 2 is 1.67 bits per heavy atom. The second kappa shape index (κ2) is 11.3. The van der Waals surface area contributed by atoms with E-state index < -0.39 is 6.04 Å². The van der Waals surface area contributed by atoms with Gasteiger partial charge in [0.15, 0.2) is 5.78 Å². The van der Waals surface area contributed by atoms with Gasteiger partial charge in [-0.1, -0.05) is 97.9 Å². The van der Waals surface area contributed by atoms with E-state index in [2.05, 4.69) is 41.6 Å². The molecule has 1 amide bonds. The number of fused-ring (bicyclic) bond motifs is 1. The van der Waals surface area contributed by atoms with Crippen molar-refractivity contribution in [2.24, 2.45) is 0 Å². The number of aryl methyl sites for hydroxylation is 1. The molecule has 0 fully saturated rings. The van der Waals surface area contributed by atoms with Crippen molar-refractivity contribution in [3.8, 4) is 0 Å². The zero-order valence-electron chi connectivity index (χ0n) is 22.4. The summed E-state index contributed by atoms with van der Waals surface area (Å²) in [4.78, 5) is 31.0. The number of aromatic nitrogens is 3. The average molecular weight is 538 g/mol. The van der Waals surface area contributed by atoms with Gasteiger partial charge in [0.05, 0.1) is 11.3 Å². The van der Waals surface area contributed by atoms with Crippen LogP contribution in [0.15, 0.2) is 95.3 Å². The number of thioether (sulfide) groups is 1. The number of ketones is 1. The van der Waals surface area contributed by atoms with Crippen molar-refractivity contribution in [1.82, 2.24) is 14.8 Å². The number of rotatable bonds is 8. The number of hydrogen-bond donors (Lipinski definition) is 2. The van der Waals surface area contributed by atoms with E-state index in [4.69, 9.17) is 5.10 Å². The van der Waals surface area contributed by atoms with Gasteiger partial charge in [-0.2, -0.15) is 4.98 Å². The lowest BCUT2D eigenvalue weighted by Crippen LogP contribution is -2.31. The first-order valence-corrected chi connectivity index (χ1v) is 13.9. The topological polar surface area (TPSA) is 88.9 Å². The molecular weight excluding hydrogens is 506 g/mol. The van der Waals surface area contributed by atoms with Crippen LogP contribution >= 0.6 is 11.8 Å². The monoisotopic (exact) mass is 537 g/mol. The van der Waals surface area contributed by atoms with Gasteiger partial charge in [0.2, 0.25) is 11.1 Å². The molecule has 3 aromatic carbocycles. The normalized spacial score (nSPS) is 14.6. The molecule has 0 saturated heterocycles. The minimum Gasteiger partial charge on any atom is -0.328 e. The maximum Gasteiger partial charge on any atom is 0.255 e. The van der Waals surface area contributed by atoms with E-state index in [1.54, 1.807) is 4.68 Å². The fourth-order valence-electron chi connectivity index (χ4n) is 4.53. The van der Waals surface area contributed by atoms with E-state index in [9.17, 15) is 9.59 Å². The molecule has 0 radical (unpaired) electrons. The minimum atomic E-state index is -0.485. The van der Waals surface area contributed by atoms with Crippen molar-refractivity contribution in [3.05, 3.63) is 112 Å². The number of nitrogens with zero attached hydrogens (tertiary/aromatic N) is 3. The highest BCUT2D eigenvalue weighted by Gasteiger charge is 2.34. The van der Waals surface area contributed by atoms with Gasteiger partial charge in [0.1, 0.15) is 6.04 Å². The van der Waals surface area contributed by atoms with Crippen LogP contribution in [0, 0.1) is 6.92 Å². The van der Waals surface area contributed by atoms with Gasteiger partial charge in [-0.25, -0.2) is 4.68 Å². The fourth-order valence-corrected chi connectivity index (χ4v) is 5.25. The Labute approximate surface area is 232 Å². The molecule has 4 aromatic rings. The van der Waals surface area contributed by atoms with E-state index in [0.717, 1.165) is 11.1 Å². The molecule has 0 saturated carbocycles. The molecule has 2 N–H and O–H groups in total. The Bertz CT molecular complexity index is 1520. The number of allylic oxidation sites excluding steroid dienone is 1. The number of Topliss-reactive ketones (excluding diaryl/α,β-unsaturated/α-hetero) is 1. The Hall–Kier alpha value is -4.17. The molecule has 0 unspecified atom stereocenters. The first kappa shape index (κ1) is 26.4. The van der Waals surface area contributed by atoms with E-state index in [1.165, 1.54) is 17.3 Å². The molecule has 39 heavy (non-hydrogen) atoms. The molecule has 1 atom stereocenters. The molecule has 1 aromatic heterocycles. The minimum absolute atomic E-state index is 0.0128. The maximum atomic E-state index is 13.6. The molecule has 8 heteroatoms. The fraction of sp³-hybridized carbons (Fsp3) is 0.226. The molecule has 0 bridgehead atoms. The first-order valence-electron chi connectivity index (χ1n) is 12.9. The van der Waals surface area contributed by atoms with Crippen molar-refractivity contribution in [3.63, 3.8) is 0 Å². The van der Waals surface area contributed by atoms with Gasteiger partial charge in [-0.05, 0) is 43.0 Å². The number of benzene rings is 3. The zero-order chi connectivity index (χ0) is 27.5. The highest BCUT2D eigenvalue weighted by molar-refractivity contribution is 7.99. The summed E-state index contributed by atoms with van der Waals surface area (Å²) in [6, 6.07) is 24.7. The quantitative estimate of drug-likeness (QED) is 0.194. The highest BCUT2D eigenvalue weighted by Crippen LogP contribution is 2.37. The Morgan fingerprint density at radius 3 is 2.33 bits per heavy atom. The second-order valence-corrected chi connectivity index (χ2v) is 10.9. The standard InChI is InChI=1S/C31H31N5O2S/c1-19(2)22-14-16-24(17-15-22)28-27(29(38)33-25-8-6-5-7-9-25)21(4)32-30-34-31(35-36(28)30)39-18-26(37)23-12-10-20(3)11-13-23/h5-17,19,28H,18H2,1-4H3,(H,33,38)(H,32,34,35)/t28-/m0/s1. The summed E-state index contributed by atoms with van der Waals surface area (Å²) < 4.78 is 1.75. The third-order valence-electron chi connectivity index (χ3n) is 6.73. The lowest BCUT2D eigenvalue weighted by Gasteiger charge is -2.29. The molecule has 7 nitrogen and oxygen atoms in total. The van der Waals surface area contributed by atoms with Gasteiger partial charge in [-0.3, -0.25) is 9.59 Å². The summed E-state index contributed by atoms with van der Waals surface area (Å²) in [7, 11) is 0. The van der Waals surface area contributed by atoms with Crippen molar-refractivity contribution >= 4 is 35.1 Å². The molecule has 198 valence electrons. The largest absolute Gasteiger partial charge is 0.328 e. The summed E-state index contributed by atoms with van der Waals surface area (Å²) in [6.07, 6.45) is 0. The van der Waals surface area contributed by atoms with E-state index in [0.29, 0.717) is 39.5 Å². The van der Waals surface area contributed by atoms with Crippen LogP contribution in [-0.4, -0.2) is 32.2 Å². The Balaban J connectivity index is 1.46. The summed E-state index contributed by atoms with van der Waals surface area (Å²) in [5, 5.41) is 11.5. The first-order chi connectivity index (χ1) is 18.8. The van der Waals surface area contributed by atoms with Crippen molar-refractivity contribution in [2.75, 3.05) is 16.4 Å². The maximum absolute atomic E-state index is 13.6. The van der Waals surface area contributed by atoms with Crippen LogP contribution < -0.4 is 10.6 Å². The van der Waals surface area contributed by atoms with Crippen LogP contribution in [0.3, 0.4) is 0 Å². The summed E-state index contributed by atoms with van der Waals surface area (Å²) >= 11 is 1.29. The third kappa shape index (κ3) is 5.81. The zero-order valence-corrected chi connectivity index (χ0v) is 23.3. The molecule has 0 spiro atoms. The van der Waals surface area contributed by atoms with Crippen molar-refractivity contribution in [1.29, 1.82) is 0 Å². The van der Waals surface area contributed by atoms with Crippen LogP contribution in [0.5, 0.6) is 0 Å². The van der Waals surface area contributed by atoms with Crippen LogP contribution in [0.25, 0.3) is 0 Å². The summed E-state index contributed by atoms with van der Waals surface area (Å²) in [5.74, 6) is 0.939. The van der Waals surface area contributed by atoms with E-state index >= 15 is 0 Å². The number of hydrogen-bond acceptors (Lipinski definition) is 6. The Morgan fingerprint density at radius 1 is 0.974 bits per heavy atom. The summed E-state index contributed by atoms with van der Waals surface area (Å²) in [5.41, 5.74) is 5.89. The summed E-state index contributed by atoms with van der Waals surface area (Å²) in [6.45, 7) is 8.17. The SMILES string of the molecule is CC1=C(C(=O)Nc2ccccc2)[C@H](c2ccc(C(C)C)cc2)n2nc(SCC(=O)c3ccc(C)cc3)nc2N1.